The van der Waals surface area contributed by atoms with Gasteiger partial charge in [-0.2, -0.15) is 0 Å². The zero-order valence-electron chi connectivity index (χ0n) is 15.3. The molecule has 0 saturated carbocycles. The minimum Gasteiger partial charge on any atom is -0.368 e. The van der Waals surface area contributed by atoms with Gasteiger partial charge < -0.3 is 15.5 Å². The lowest BCUT2D eigenvalue weighted by Gasteiger charge is -2.23. The van der Waals surface area contributed by atoms with Crippen LogP contribution in [-0.4, -0.2) is 57.8 Å². The number of amides is 2. The number of anilines is 1. The van der Waals surface area contributed by atoms with E-state index in [1.54, 1.807) is 11.0 Å². The van der Waals surface area contributed by atoms with Crippen molar-refractivity contribution >= 4 is 17.8 Å². The van der Waals surface area contributed by atoms with Gasteiger partial charge in [0, 0.05) is 31.9 Å². The first-order chi connectivity index (χ1) is 11.9. The molecule has 7 heteroatoms. The van der Waals surface area contributed by atoms with Gasteiger partial charge >= 0.3 is 0 Å². The monoisotopic (exact) mass is 345 g/mol. The van der Waals surface area contributed by atoms with E-state index in [9.17, 15) is 9.59 Å². The number of nitrogens with two attached hydrogens (primary N) is 1. The fourth-order valence-electron chi connectivity index (χ4n) is 3.85. The van der Waals surface area contributed by atoms with E-state index in [2.05, 4.69) is 16.9 Å². The second-order valence-electron chi connectivity index (χ2n) is 7.49. The Kier molecular flexibility index (Phi) is 4.67. The van der Waals surface area contributed by atoms with E-state index in [1.165, 1.54) is 0 Å². The van der Waals surface area contributed by atoms with Gasteiger partial charge in [0.2, 0.25) is 11.9 Å². The molecule has 1 spiro atoms. The van der Waals surface area contributed by atoms with Crippen molar-refractivity contribution in [2.45, 2.75) is 46.0 Å². The third-order valence-electron chi connectivity index (χ3n) is 5.31. The maximum atomic E-state index is 12.9. The van der Waals surface area contributed by atoms with Crippen LogP contribution in [-0.2, 0) is 4.79 Å². The highest BCUT2D eigenvalue weighted by atomic mass is 16.2. The highest BCUT2D eigenvalue weighted by molar-refractivity contribution is 5.94. The number of nitrogens with zero attached hydrogens (tertiary/aromatic N) is 4. The number of nitrogen functional groups attached to an aromatic ring is 1. The van der Waals surface area contributed by atoms with Crippen molar-refractivity contribution in [2.24, 2.45) is 5.41 Å². The highest BCUT2D eigenvalue weighted by Crippen LogP contribution is 2.41. The van der Waals surface area contributed by atoms with Crippen molar-refractivity contribution in [1.29, 1.82) is 0 Å². The third kappa shape index (κ3) is 3.19. The standard InChI is InChI=1S/C18H27N5O2/c1-4-7-22-8-5-18(16(22)25)6-9-23(11-18)15(24)14-10-13(12(2)3)20-17(19)21-14/h10,12H,4-9,11H2,1-3H3,(H2,19,20,21). The van der Waals surface area contributed by atoms with Crippen molar-refractivity contribution in [3.05, 3.63) is 17.5 Å². The summed E-state index contributed by atoms with van der Waals surface area (Å²) in [7, 11) is 0. The fourth-order valence-corrected chi connectivity index (χ4v) is 3.85. The molecule has 2 aliphatic rings. The largest absolute Gasteiger partial charge is 0.368 e. The van der Waals surface area contributed by atoms with Gasteiger partial charge in [0.1, 0.15) is 5.69 Å². The fraction of sp³-hybridized carbons (Fsp3) is 0.667. The molecule has 2 N–H and O–H groups in total. The zero-order valence-corrected chi connectivity index (χ0v) is 15.3. The summed E-state index contributed by atoms with van der Waals surface area (Å²) in [6.45, 7) is 8.74. The van der Waals surface area contributed by atoms with E-state index in [0.717, 1.165) is 38.0 Å². The second kappa shape index (κ2) is 6.61. The van der Waals surface area contributed by atoms with Crippen molar-refractivity contribution < 1.29 is 9.59 Å². The molecular weight excluding hydrogens is 318 g/mol. The molecular formula is C18H27N5O2. The number of carbonyl (C=O) groups is 2. The van der Waals surface area contributed by atoms with E-state index in [0.29, 0.717) is 18.8 Å². The molecule has 0 radical (unpaired) electrons. The van der Waals surface area contributed by atoms with Crippen molar-refractivity contribution in [3.8, 4) is 0 Å². The van der Waals surface area contributed by atoms with Crippen LogP contribution in [0.15, 0.2) is 6.07 Å². The van der Waals surface area contributed by atoms with Crippen LogP contribution in [0.1, 0.15) is 62.1 Å². The van der Waals surface area contributed by atoms with Gasteiger partial charge in [-0.1, -0.05) is 20.8 Å². The van der Waals surface area contributed by atoms with Gasteiger partial charge in [-0.25, -0.2) is 9.97 Å². The van der Waals surface area contributed by atoms with Gasteiger partial charge in [-0.05, 0) is 31.2 Å². The maximum Gasteiger partial charge on any atom is 0.272 e. The molecule has 25 heavy (non-hydrogen) atoms. The van der Waals surface area contributed by atoms with E-state index in [4.69, 9.17) is 5.73 Å². The summed E-state index contributed by atoms with van der Waals surface area (Å²) in [5.41, 5.74) is 6.45. The van der Waals surface area contributed by atoms with Crippen molar-refractivity contribution in [2.75, 3.05) is 31.9 Å². The molecule has 1 aromatic heterocycles. The van der Waals surface area contributed by atoms with Crippen LogP contribution in [0.25, 0.3) is 0 Å². The number of hydrogen-bond donors (Lipinski definition) is 1. The Morgan fingerprint density at radius 1 is 1.32 bits per heavy atom. The number of likely N-dealkylation sites (tertiary alicyclic amines) is 2. The van der Waals surface area contributed by atoms with Gasteiger partial charge in [0.05, 0.1) is 5.41 Å². The molecule has 0 bridgehead atoms. The summed E-state index contributed by atoms with van der Waals surface area (Å²) in [6, 6.07) is 1.72. The highest BCUT2D eigenvalue weighted by Gasteiger charge is 2.51. The molecule has 7 nitrogen and oxygen atoms in total. The normalized spacial score (nSPS) is 23.3. The van der Waals surface area contributed by atoms with E-state index < -0.39 is 5.41 Å². The topological polar surface area (TPSA) is 92.4 Å². The molecule has 2 amide bonds. The zero-order chi connectivity index (χ0) is 18.2. The van der Waals surface area contributed by atoms with Crippen molar-refractivity contribution in [3.63, 3.8) is 0 Å². The quantitative estimate of drug-likeness (QED) is 0.896. The summed E-state index contributed by atoms with van der Waals surface area (Å²) < 4.78 is 0. The molecule has 2 fully saturated rings. The predicted molar refractivity (Wildman–Crippen MR) is 95.0 cm³/mol. The Labute approximate surface area is 148 Å². The first-order valence-corrected chi connectivity index (χ1v) is 9.09. The third-order valence-corrected chi connectivity index (χ3v) is 5.31. The smallest absolute Gasteiger partial charge is 0.272 e. The average Bonchev–Trinajstić information content (AvgIpc) is 3.14. The second-order valence-corrected chi connectivity index (χ2v) is 7.49. The Morgan fingerprint density at radius 3 is 2.72 bits per heavy atom. The van der Waals surface area contributed by atoms with Crippen LogP contribution in [0.3, 0.4) is 0 Å². The lowest BCUT2D eigenvalue weighted by molar-refractivity contribution is -0.135. The van der Waals surface area contributed by atoms with E-state index >= 15 is 0 Å². The van der Waals surface area contributed by atoms with Gasteiger partial charge in [0.25, 0.3) is 5.91 Å². The van der Waals surface area contributed by atoms with Gasteiger partial charge in [-0.3, -0.25) is 9.59 Å². The molecule has 0 aliphatic carbocycles. The molecule has 2 saturated heterocycles. The Hall–Kier alpha value is -2.18. The Morgan fingerprint density at radius 2 is 2.04 bits per heavy atom. The maximum absolute atomic E-state index is 12.9. The molecule has 1 atom stereocenters. The summed E-state index contributed by atoms with van der Waals surface area (Å²) in [5, 5.41) is 0. The summed E-state index contributed by atoms with van der Waals surface area (Å²) in [6.07, 6.45) is 2.52. The minimum atomic E-state index is -0.399. The number of hydrogen-bond acceptors (Lipinski definition) is 5. The molecule has 1 unspecified atom stereocenters. The van der Waals surface area contributed by atoms with E-state index in [1.807, 2.05) is 18.7 Å². The SMILES string of the molecule is CCCN1CCC2(CCN(C(=O)c3cc(C(C)C)nc(N)n3)C2)C1=O. The average molecular weight is 345 g/mol. The lowest BCUT2D eigenvalue weighted by atomic mass is 9.85. The Bertz CT molecular complexity index is 690. The molecule has 0 aromatic carbocycles. The number of aromatic nitrogens is 2. The van der Waals surface area contributed by atoms with E-state index in [-0.39, 0.29) is 23.7 Å². The molecule has 3 rings (SSSR count). The van der Waals surface area contributed by atoms with Crippen molar-refractivity contribution in [1.82, 2.24) is 19.8 Å². The number of rotatable bonds is 4. The summed E-state index contributed by atoms with van der Waals surface area (Å²) in [5.74, 6) is 0.333. The minimum absolute atomic E-state index is 0.120. The van der Waals surface area contributed by atoms with Crippen LogP contribution >= 0.6 is 0 Å². The molecule has 136 valence electrons. The van der Waals surface area contributed by atoms with Crippen LogP contribution in [0.4, 0.5) is 5.95 Å². The lowest BCUT2D eigenvalue weighted by Crippen LogP contribution is -2.38. The van der Waals surface area contributed by atoms with Gasteiger partial charge in [0.15, 0.2) is 0 Å². The Balaban J connectivity index is 1.77. The van der Waals surface area contributed by atoms with Crippen LogP contribution < -0.4 is 5.73 Å². The van der Waals surface area contributed by atoms with Crippen LogP contribution in [0.5, 0.6) is 0 Å². The molecule has 1 aromatic rings. The molecule has 2 aliphatic heterocycles. The molecule has 3 heterocycles. The predicted octanol–water partition coefficient (Wildman–Crippen LogP) is 1.66. The van der Waals surface area contributed by atoms with Crippen LogP contribution in [0.2, 0.25) is 0 Å². The van der Waals surface area contributed by atoms with Crippen LogP contribution in [0, 0.1) is 5.41 Å². The first-order valence-electron chi connectivity index (χ1n) is 9.09. The summed E-state index contributed by atoms with van der Waals surface area (Å²) in [4.78, 5) is 37.6. The van der Waals surface area contributed by atoms with Gasteiger partial charge in [-0.15, -0.1) is 0 Å². The first kappa shape index (κ1) is 17.6. The number of carbonyl (C=O) groups excluding carboxylic acids is 2. The summed E-state index contributed by atoms with van der Waals surface area (Å²) >= 11 is 0.